The van der Waals surface area contributed by atoms with E-state index in [1.54, 1.807) is 12.1 Å². The molecule has 0 atom stereocenters. The van der Waals surface area contributed by atoms with Gasteiger partial charge < -0.3 is 19.3 Å². The molecule has 0 aromatic heterocycles. The Morgan fingerprint density at radius 1 is 1.04 bits per heavy atom. The monoisotopic (exact) mass is 400 g/mol. The van der Waals surface area contributed by atoms with E-state index in [0.29, 0.717) is 29.6 Å². The topological polar surface area (TPSA) is 55.2 Å². The molecule has 1 heterocycles. The second kappa shape index (κ2) is 10.1. The number of ether oxygens (including phenoxy) is 2. The maximum absolute atomic E-state index is 12.7. The van der Waals surface area contributed by atoms with E-state index in [4.69, 9.17) is 21.7 Å². The summed E-state index contributed by atoms with van der Waals surface area (Å²) in [6, 6.07) is 16.7. The lowest BCUT2D eigenvalue weighted by atomic mass is 10.2. The summed E-state index contributed by atoms with van der Waals surface area (Å²) >= 11 is 5.42. The number of benzene rings is 2. The van der Waals surface area contributed by atoms with Crippen molar-refractivity contribution in [2.24, 2.45) is 0 Å². The van der Waals surface area contributed by atoms with Crippen molar-refractivity contribution in [2.75, 3.05) is 46.4 Å². The summed E-state index contributed by atoms with van der Waals surface area (Å²) in [6.45, 7) is 4.45. The van der Waals surface area contributed by atoms with Gasteiger partial charge in [-0.05, 0) is 36.5 Å². The van der Waals surface area contributed by atoms with Crippen molar-refractivity contribution in [1.29, 1.82) is 0 Å². The van der Waals surface area contributed by atoms with E-state index in [1.807, 2.05) is 47.4 Å². The Balaban J connectivity index is 1.52. The fourth-order valence-corrected chi connectivity index (χ4v) is 3.22. The molecule has 0 aliphatic carbocycles. The number of para-hydroxylation sites is 2. The van der Waals surface area contributed by atoms with Crippen LogP contribution in [0.3, 0.4) is 0 Å². The molecule has 148 valence electrons. The molecule has 6 nitrogen and oxygen atoms in total. The quantitative estimate of drug-likeness (QED) is 0.560. The van der Waals surface area contributed by atoms with Gasteiger partial charge in [0.25, 0.3) is 5.91 Å². The van der Waals surface area contributed by atoms with Crippen LogP contribution in [0.1, 0.15) is 10.4 Å². The van der Waals surface area contributed by atoms with E-state index in [9.17, 15) is 4.79 Å². The highest BCUT2D eigenvalue weighted by Gasteiger charge is 2.21. The van der Waals surface area contributed by atoms with Crippen molar-refractivity contribution in [3.05, 3.63) is 60.2 Å². The molecule has 1 saturated heterocycles. The molecular formula is C21H26N3O3S+. The molecule has 0 radical (unpaired) electrons. The number of carbonyl (C=O) groups is 1. The average molecular weight is 401 g/mol. The summed E-state index contributed by atoms with van der Waals surface area (Å²) in [4.78, 5) is 16.2. The molecule has 1 aliphatic rings. The number of carbonyl (C=O) groups excluding carboxylic acids is 1. The molecule has 2 N–H and O–H groups in total. The molecule has 0 spiro atoms. The van der Waals surface area contributed by atoms with Crippen LogP contribution in [0, 0.1) is 0 Å². The Kier molecular flexibility index (Phi) is 7.22. The van der Waals surface area contributed by atoms with Gasteiger partial charge in [0.05, 0.1) is 38.8 Å². The van der Waals surface area contributed by atoms with Gasteiger partial charge in [-0.25, -0.2) is 0 Å². The van der Waals surface area contributed by atoms with Gasteiger partial charge in [-0.15, -0.1) is 0 Å². The lowest BCUT2D eigenvalue weighted by Crippen LogP contribution is -3.12. The molecule has 2 aromatic carbocycles. The van der Waals surface area contributed by atoms with E-state index >= 15 is 0 Å². The highest BCUT2D eigenvalue weighted by molar-refractivity contribution is 7.80. The smallest absolute Gasteiger partial charge is 0.261 e. The van der Waals surface area contributed by atoms with Crippen LogP contribution in [0.5, 0.6) is 11.5 Å². The minimum Gasteiger partial charge on any atom is -0.490 e. The fourth-order valence-electron chi connectivity index (χ4n) is 2.94. The maximum Gasteiger partial charge on any atom is 0.261 e. The van der Waals surface area contributed by atoms with Gasteiger partial charge in [0, 0.05) is 0 Å². The summed E-state index contributed by atoms with van der Waals surface area (Å²) in [5, 5.41) is 3.31. The number of likely N-dealkylation sites (N-methyl/N-ethyl adjacent to an activating group) is 1. The first-order valence-corrected chi connectivity index (χ1v) is 9.85. The Morgan fingerprint density at radius 3 is 2.43 bits per heavy atom. The van der Waals surface area contributed by atoms with Crippen molar-refractivity contribution >= 4 is 23.2 Å². The zero-order valence-electron chi connectivity index (χ0n) is 16.0. The van der Waals surface area contributed by atoms with Gasteiger partial charge in [-0.3, -0.25) is 10.1 Å². The molecule has 28 heavy (non-hydrogen) atoms. The Labute approximate surface area is 171 Å². The number of amides is 1. The first-order chi connectivity index (χ1) is 13.6. The SMILES string of the molecule is C[NH+]1CCN(C(=S)NC(=O)c2ccccc2OCCOc2ccccc2)CC1. The predicted octanol–water partition coefficient (Wildman–Crippen LogP) is 0.989. The summed E-state index contributed by atoms with van der Waals surface area (Å²) in [7, 11) is 2.16. The van der Waals surface area contributed by atoms with E-state index in [2.05, 4.69) is 12.4 Å². The number of quaternary nitrogens is 1. The number of nitrogens with zero attached hydrogens (tertiary/aromatic N) is 1. The first-order valence-electron chi connectivity index (χ1n) is 9.45. The van der Waals surface area contributed by atoms with Crippen LogP contribution in [0.15, 0.2) is 54.6 Å². The van der Waals surface area contributed by atoms with E-state index in [1.165, 1.54) is 4.90 Å². The summed E-state index contributed by atoms with van der Waals surface area (Å²) in [5.41, 5.74) is 0.462. The highest BCUT2D eigenvalue weighted by Crippen LogP contribution is 2.18. The van der Waals surface area contributed by atoms with Crippen LogP contribution in [0.25, 0.3) is 0 Å². The van der Waals surface area contributed by atoms with Gasteiger partial charge in [0.2, 0.25) is 0 Å². The number of thiocarbonyl (C=S) groups is 1. The standard InChI is InChI=1S/C21H25N3O3S/c1-23-11-13-24(14-12-23)21(28)22-20(25)18-9-5-6-10-19(18)27-16-15-26-17-7-3-2-4-8-17/h2-10H,11-16H2,1H3,(H,22,25,28)/p+1. The summed E-state index contributed by atoms with van der Waals surface area (Å²) < 4.78 is 11.4. The Bertz CT molecular complexity index is 792. The molecule has 1 aliphatic heterocycles. The molecule has 1 amide bonds. The van der Waals surface area contributed by atoms with Crippen LogP contribution in [0.4, 0.5) is 0 Å². The second-order valence-electron chi connectivity index (χ2n) is 6.71. The number of rotatable bonds is 6. The van der Waals surface area contributed by atoms with Gasteiger partial charge in [0.15, 0.2) is 5.11 Å². The maximum atomic E-state index is 12.7. The average Bonchev–Trinajstić information content (AvgIpc) is 2.72. The third-order valence-corrected chi connectivity index (χ3v) is 4.97. The number of hydrogen-bond donors (Lipinski definition) is 2. The molecule has 0 bridgehead atoms. The van der Waals surface area contributed by atoms with Crippen LogP contribution in [-0.2, 0) is 0 Å². The Hall–Kier alpha value is -2.64. The van der Waals surface area contributed by atoms with Crippen molar-refractivity contribution in [3.63, 3.8) is 0 Å². The van der Waals surface area contributed by atoms with Crippen molar-refractivity contribution in [3.8, 4) is 11.5 Å². The third-order valence-electron chi connectivity index (χ3n) is 4.61. The predicted molar refractivity (Wildman–Crippen MR) is 112 cm³/mol. The van der Waals surface area contributed by atoms with Gasteiger partial charge in [-0.1, -0.05) is 30.3 Å². The summed E-state index contributed by atoms with van der Waals surface area (Å²) in [6.07, 6.45) is 0. The highest BCUT2D eigenvalue weighted by atomic mass is 32.1. The van der Waals surface area contributed by atoms with Crippen LogP contribution < -0.4 is 19.7 Å². The molecule has 7 heteroatoms. The summed E-state index contributed by atoms with van der Waals surface area (Å²) in [5.74, 6) is 1.05. The molecule has 0 unspecified atom stereocenters. The number of hydrogen-bond acceptors (Lipinski definition) is 4. The van der Waals surface area contributed by atoms with Crippen LogP contribution in [0.2, 0.25) is 0 Å². The Morgan fingerprint density at radius 2 is 1.68 bits per heavy atom. The zero-order chi connectivity index (χ0) is 19.8. The molecule has 1 fully saturated rings. The van der Waals surface area contributed by atoms with E-state index in [-0.39, 0.29) is 5.91 Å². The number of nitrogens with one attached hydrogen (secondary N) is 2. The molecule has 3 rings (SSSR count). The molecule has 2 aromatic rings. The minimum atomic E-state index is -0.254. The van der Waals surface area contributed by atoms with Gasteiger partial charge >= 0.3 is 0 Å². The van der Waals surface area contributed by atoms with Gasteiger partial charge in [-0.2, -0.15) is 0 Å². The first kappa shape index (κ1) is 20.1. The molecular weight excluding hydrogens is 374 g/mol. The second-order valence-corrected chi connectivity index (χ2v) is 7.10. The normalized spacial score (nSPS) is 14.4. The number of piperazine rings is 1. The molecule has 0 saturated carbocycles. The van der Waals surface area contributed by atoms with Crippen molar-refractivity contribution < 1.29 is 19.2 Å². The van der Waals surface area contributed by atoms with E-state index < -0.39 is 0 Å². The zero-order valence-corrected chi connectivity index (χ0v) is 16.8. The lowest BCUT2D eigenvalue weighted by molar-refractivity contribution is -0.883. The van der Waals surface area contributed by atoms with Crippen LogP contribution >= 0.6 is 12.2 Å². The third kappa shape index (κ3) is 5.68. The van der Waals surface area contributed by atoms with Gasteiger partial charge in [0.1, 0.15) is 24.7 Å². The largest absolute Gasteiger partial charge is 0.490 e. The lowest BCUT2D eigenvalue weighted by Gasteiger charge is -2.31. The van der Waals surface area contributed by atoms with E-state index in [0.717, 1.165) is 31.9 Å². The minimum absolute atomic E-state index is 0.254. The van der Waals surface area contributed by atoms with Crippen molar-refractivity contribution in [1.82, 2.24) is 10.2 Å². The van der Waals surface area contributed by atoms with Crippen LogP contribution in [-0.4, -0.2) is 62.4 Å². The fraction of sp³-hybridized carbons (Fsp3) is 0.333. The van der Waals surface area contributed by atoms with Crippen molar-refractivity contribution in [2.45, 2.75) is 0 Å².